The third-order valence-electron chi connectivity index (χ3n) is 2.02. The lowest BCUT2D eigenvalue weighted by Crippen LogP contribution is -2.27. The molecule has 0 saturated carbocycles. The summed E-state index contributed by atoms with van der Waals surface area (Å²) in [6.45, 7) is 0. The molecule has 1 heterocycles. The van der Waals surface area contributed by atoms with Crippen molar-refractivity contribution in [2.24, 2.45) is 9.98 Å². The van der Waals surface area contributed by atoms with Crippen LogP contribution in [0.3, 0.4) is 0 Å². The molecule has 1 aromatic rings. The van der Waals surface area contributed by atoms with Gasteiger partial charge in [0.1, 0.15) is 5.36 Å². The van der Waals surface area contributed by atoms with Gasteiger partial charge in [0.15, 0.2) is 0 Å². The first-order chi connectivity index (χ1) is 7.13. The number of rotatable bonds is 1. The molecular weight excluding hydrogens is 214 g/mol. The molecule has 5 nitrogen and oxygen atoms in total. The van der Waals surface area contributed by atoms with E-state index in [9.17, 15) is 4.79 Å². The van der Waals surface area contributed by atoms with Crippen LogP contribution >= 0.6 is 12.2 Å². The summed E-state index contributed by atoms with van der Waals surface area (Å²) in [5.41, 5.74) is 6.29. The van der Waals surface area contributed by atoms with Gasteiger partial charge < -0.3 is 10.5 Å². The third kappa shape index (κ3) is 1.48. The van der Waals surface area contributed by atoms with Crippen LogP contribution in [0.5, 0.6) is 0 Å². The van der Waals surface area contributed by atoms with Crippen molar-refractivity contribution < 1.29 is 9.53 Å². The first kappa shape index (κ1) is 9.72. The molecule has 0 aliphatic carbocycles. The number of esters is 1. The number of nitrogens with two attached hydrogens (primary N) is 1. The SMILES string of the molecule is COC(=O)c1ccc2c(c1N)=NC(=S)N=2. The monoisotopic (exact) mass is 221 g/mol. The molecule has 0 amide bonds. The molecule has 1 aliphatic rings. The standard InChI is InChI=1S/C9H7N3O2S/c1-14-8(13)4-2-3-5-7(6(4)10)12-9(15)11-5/h2-3H,10H2,1H3. The first-order valence-corrected chi connectivity index (χ1v) is 4.52. The van der Waals surface area contributed by atoms with Gasteiger partial charge in [0.25, 0.3) is 0 Å². The number of benzene rings is 1. The van der Waals surface area contributed by atoms with E-state index in [1.807, 2.05) is 0 Å². The van der Waals surface area contributed by atoms with E-state index in [4.69, 9.17) is 18.0 Å². The van der Waals surface area contributed by atoms with Gasteiger partial charge >= 0.3 is 5.97 Å². The molecule has 1 aliphatic heterocycles. The molecule has 2 N–H and O–H groups in total. The van der Waals surface area contributed by atoms with Gasteiger partial charge in [-0.15, -0.1) is 0 Å². The Morgan fingerprint density at radius 2 is 2.20 bits per heavy atom. The third-order valence-corrected chi connectivity index (χ3v) is 2.21. The Morgan fingerprint density at radius 3 is 2.87 bits per heavy atom. The molecular formula is C9H7N3O2S. The maximum absolute atomic E-state index is 11.3. The Hall–Kier alpha value is -1.82. The highest BCUT2D eigenvalue weighted by Crippen LogP contribution is 2.06. The van der Waals surface area contributed by atoms with Crippen molar-refractivity contribution in [1.82, 2.24) is 0 Å². The van der Waals surface area contributed by atoms with Crippen LogP contribution in [-0.4, -0.2) is 18.2 Å². The average molecular weight is 221 g/mol. The van der Waals surface area contributed by atoms with E-state index < -0.39 is 5.97 Å². The van der Waals surface area contributed by atoms with Crippen molar-refractivity contribution in [2.45, 2.75) is 0 Å². The highest BCUT2D eigenvalue weighted by atomic mass is 32.1. The lowest BCUT2D eigenvalue weighted by molar-refractivity contribution is 0.0602. The van der Waals surface area contributed by atoms with Crippen molar-refractivity contribution >= 4 is 29.0 Å². The number of carbonyl (C=O) groups is 1. The minimum Gasteiger partial charge on any atom is -0.465 e. The topological polar surface area (TPSA) is 77.0 Å². The van der Waals surface area contributed by atoms with Gasteiger partial charge in [0, 0.05) is 0 Å². The summed E-state index contributed by atoms with van der Waals surface area (Å²) in [7, 11) is 1.29. The highest BCUT2D eigenvalue weighted by molar-refractivity contribution is 7.80. The molecule has 0 bridgehead atoms. The number of methoxy groups -OCH3 is 1. The number of hydrogen-bond acceptors (Lipinski definition) is 4. The lowest BCUT2D eigenvalue weighted by Gasteiger charge is -2.01. The van der Waals surface area contributed by atoms with Crippen molar-refractivity contribution in [3.8, 4) is 0 Å². The van der Waals surface area contributed by atoms with E-state index >= 15 is 0 Å². The zero-order valence-electron chi connectivity index (χ0n) is 7.85. The second-order valence-electron chi connectivity index (χ2n) is 2.89. The molecule has 0 spiro atoms. The number of nitrogens with zero attached hydrogens (tertiary/aromatic N) is 2. The van der Waals surface area contributed by atoms with Gasteiger partial charge in [-0.05, 0) is 24.4 Å². The molecule has 6 heteroatoms. The van der Waals surface area contributed by atoms with Crippen LogP contribution in [0.1, 0.15) is 10.4 Å². The fourth-order valence-corrected chi connectivity index (χ4v) is 1.51. The fourth-order valence-electron chi connectivity index (χ4n) is 1.32. The summed E-state index contributed by atoms with van der Waals surface area (Å²) >= 11 is 4.82. The molecule has 2 rings (SSSR count). The van der Waals surface area contributed by atoms with Crippen molar-refractivity contribution in [3.05, 3.63) is 28.4 Å². The number of thiocarbonyl (C=S) groups is 1. The summed E-state index contributed by atoms with van der Waals surface area (Å²) in [5, 5.41) is 1.26. The molecule has 0 aromatic heterocycles. The Morgan fingerprint density at radius 1 is 1.47 bits per heavy atom. The van der Waals surface area contributed by atoms with Crippen molar-refractivity contribution in [1.29, 1.82) is 0 Å². The minimum absolute atomic E-state index is 0.221. The van der Waals surface area contributed by atoms with Crippen LogP contribution in [0.2, 0.25) is 0 Å². The van der Waals surface area contributed by atoms with E-state index in [1.165, 1.54) is 7.11 Å². The molecule has 0 fully saturated rings. The van der Waals surface area contributed by atoms with Crippen LogP contribution in [0.15, 0.2) is 22.1 Å². The molecule has 0 unspecified atom stereocenters. The van der Waals surface area contributed by atoms with Crippen LogP contribution in [-0.2, 0) is 4.74 Å². The predicted molar refractivity (Wildman–Crippen MR) is 57.1 cm³/mol. The van der Waals surface area contributed by atoms with Gasteiger partial charge in [-0.1, -0.05) is 0 Å². The number of nitrogen functional groups attached to an aromatic ring is 1. The van der Waals surface area contributed by atoms with Crippen LogP contribution in [0, 0.1) is 0 Å². The highest BCUT2D eigenvalue weighted by Gasteiger charge is 2.14. The summed E-state index contributed by atoms with van der Waals surface area (Å²) in [6, 6.07) is 3.19. The maximum Gasteiger partial charge on any atom is 0.340 e. The van der Waals surface area contributed by atoms with Gasteiger partial charge in [0.2, 0.25) is 5.11 Å². The summed E-state index contributed by atoms with van der Waals surface area (Å²) in [6.07, 6.45) is 0. The van der Waals surface area contributed by atoms with Crippen LogP contribution in [0.25, 0.3) is 0 Å². The number of fused-ring (bicyclic) bond motifs is 1. The zero-order valence-corrected chi connectivity index (χ0v) is 8.67. The van der Waals surface area contributed by atoms with E-state index in [2.05, 4.69) is 14.7 Å². The minimum atomic E-state index is -0.497. The Labute approximate surface area is 90.3 Å². The molecule has 0 atom stereocenters. The van der Waals surface area contributed by atoms with Gasteiger partial charge in [-0.3, -0.25) is 0 Å². The van der Waals surface area contributed by atoms with Crippen LogP contribution < -0.4 is 16.4 Å². The van der Waals surface area contributed by atoms with Crippen molar-refractivity contribution in [3.63, 3.8) is 0 Å². The van der Waals surface area contributed by atoms with E-state index in [0.717, 1.165) is 0 Å². The molecule has 1 aromatic carbocycles. The molecule has 0 saturated heterocycles. The summed E-state index contributed by atoms with van der Waals surface area (Å²) < 4.78 is 4.58. The number of carbonyl (C=O) groups excluding carboxylic acids is 1. The average Bonchev–Trinajstić information content (AvgIpc) is 2.59. The Kier molecular flexibility index (Phi) is 2.20. The smallest absolute Gasteiger partial charge is 0.340 e. The molecule has 15 heavy (non-hydrogen) atoms. The van der Waals surface area contributed by atoms with E-state index in [1.54, 1.807) is 12.1 Å². The summed E-state index contributed by atoms with van der Waals surface area (Å²) in [5.74, 6) is -0.497. The van der Waals surface area contributed by atoms with E-state index in [-0.39, 0.29) is 16.4 Å². The number of anilines is 1. The van der Waals surface area contributed by atoms with Gasteiger partial charge in [-0.2, -0.15) is 0 Å². The normalized spacial score (nSPS) is 12.7. The molecule has 76 valence electrons. The second kappa shape index (κ2) is 3.39. The largest absolute Gasteiger partial charge is 0.465 e. The predicted octanol–water partition coefficient (Wildman–Crippen LogP) is -0.407. The lowest BCUT2D eigenvalue weighted by atomic mass is 10.1. The zero-order chi connectivity index (χ0) is 11.0. The Balaban J connectivity index is 2.73. The molecule has 0 radical (unpaired) electrons. The first-order valence-electron chi connectivity index (χ1n) is 4.11. The number of ether oxygens (including phenoxy) is 1. The quantitative estimate of drug-likeness (QED) is 0.397. The van der Waals surface area contributed by atoms with E-state index in [0.29, 0.717) is 10.7 Å². The fraction of sp³-hybridized carbons (Fsp3) is 0.111. The second-order valence-corrected chi connectivity index (χ2v) is 3.26. The van der Waals surface area contributed by atoms with Gasteiger partial charge in [0.05, 0.1) is 23.7 Å². The Bertz CT molecular complexity index is 580. The van der Waals surface area contributed by atoms with Crippen LogP contribution in [0.4, 0.5) is 5.69 Å². The van der Waals surface area contributed by atoms with Gasteiger partial charge in [-0.25, -0.2) is 14.8 Å². The maximum atomic E-state index is 11.3. The summed E-state index contributed by atoms with van der Waals surface area (Å²) in [4.78, 5) is 19.2. The number of hydrogen-bond donors (Lipinski definition) is 1. The van der Waals surface area contributed by atoms with Crippen molar-refractivity contribution in [2.75, 3.05) is 12.8 Å².